The molecule has 38 heavy (non-hydrogen) atoms. The molecule has 5 rings (SSSR count). The monoisotopic (exact) mass is 528 g/mol. The number of nitrogens with one attached hydrogen (secondary N) is 3. The first-order valence-corrected chi connectivity index (χ1v) is 11.8. The molecule has 0 spiro atoms. The molecule has 2 atom stereocenters. The average molecular weight is 528 g/mol. The van der Waals surface area contributed by atoms with Crippen molar-refractivity contribution in [1.29, 1.82) is 5.26 Å². The third kappa shape index (κ3) is 3.66. The Balaban J connectivity index is 1.48. The van der Waals surface area contributed by atoms with Crippen LogP contribution in [0.25, 0.3) is 0 Å². The summed E-state index contributed by atoms with van der Waals surface area (Å²) in [5.74, 6) is -7.88. The van der Waals surface area contributed by atoms with Gasteiger partial charge in [0.05, 0.1) is 16.8 Å². The van der Waals surface area contributed by atoms with Gasteiger partial charge in [-0.05, 0) is 43.5 Å². The van der Waals surface area contributed by atoms with E-state index in [0.717, 1.165) is 12.1 Å². The van der Waals surface area contributed by atoms with E-state index in [0.29, 0.717) is 18.5 Å². The Labute approximate surface area is 214 Å². The molecule has 0 radical (unpaired) electrons. The van der Waals surface area contributed by atoms with Crippen molar-refractivity contribution in [2.45, 2.75) is 49.7 Å². The number of aromatic nitrogens is 1. The van der Waals surface area contributed by atoms with Crippen LogP contribution in [-0.2, 0) is 21.7 Å². The zero-order chi connectivity index (χ0) is 27.8. The molecule has 2 aromatic rings. The predicted octanol–water partition coefficient (Wildman–Crippen LogP) is 1.46. The second kappa shape index (κ2) is 8.16. The van der Waals surface area contributed by atoms with Gasteiger partial charge in [-0.25, -0.2) is 13.2 Å². The number of ketones is 1. The Hall–Kier alpha value is -4.18. The zero-order valence-corrected chi connectivity index (χ0v) is 20.4. The lowest BCUT2D eigenvalue weighted by molar-refractivity contribution is -0.164. The summed E-state index contributed by atoms with van der Waals surface area (Å²) in [4.78, 5) is 52.0. The Morgan fingerprint density at radius 3 is 2.50 bits per heavy atom. The number of amides is 3. The van der Waals surface area contributed by atoms with E-state index < -0.39 is 59.3 Å². The van der Waals surface area contributed by atoms with Crippen LogP contribution >= 0.6 is 0 Å². The first kappa shape index (κ1) is 25.5. The largest absolute Gasteiger partial charge is 0.357 e. The van der Waals surface area contributed by atoms with Gasteiger partial charge in [-0.1, -0.05) is 0 Å². The minimum Gasteiger partial charge on any atom is -0.357 e. The van der Waals surface area contributed by atoms with Crippen LogP contribution in [0.15, 0.2) is 18.2 Å². The molecule has 2 aliphatic carbocycles. The van der Waals surface area contributed by atoms with Crippen LogP contribution in [0.2, 0.25) is 0 Å². The average Bonchev–Trinajstić information content (AvgIpc) is 3.27. The molecule has 13 heteroatoms. The number of carbonyl (C=O) groups is 4. The minimum absolute atomic E-state index is 0.0117. The lowest BCUT2D eigenvalue weighted by atomic mass is 9.72. The number of alkyl halides is 2. The molecule has 10 nitrogen and oxygen atoms in total. The van der Waals surface area contributed by atoms with Crippen LogP contribution in [0.4, 0.5) is 18.9 Å². The summed E-state index contributed by atoms with van der Waals surface area (Å²) in [5.41, 5.74) is 3.88. The molecule has 0 unspecified atom stereocenters. The number of rotatable bonds is 6. The van der Waals surface area contributed by atoms with E-state index in [1.54, 1.807) is 6.07 Å². The summed E-state index contributed by atoms with van der Waals surface area (Å²) in [6.07, 6.45) is -1.05. The predicted molar refractivity (Wildman–Crippen MR) is 126 cm³/mol. The normalized spacial score (nSPS) is 23.2. The summed E-state index contributed by atoms with van der Waals surface area (Å²) >= 11 is 0. The van der Waals surface area contributed by atoms with Crippen LogP contribution in [-0.4, -0.2) is 46.6 Å². The Kier molecular flexibility index (Phi) is 5.47. The number of hydrogen-bond acceptors (Lipinski definition) is 6. The quantitative estimate of drug-likeness (QED) is 0.328. The highest BCUT2D eigenvalue weighted by Crippen LogP contribution is 2.56. The van der Waals surface area contributed by atoms with Gasteiger partial charge < -0.3 is 26.3 Å². The van der Waals surface area contributed by atoms with Gasteiger partial charge in [0.25, 0.3) is 23.5 Å². The van der Waals surface area contributed by atoms with Crippen LogP contribution in [0, 0.1) is 30.0 Å². The second-order valence-electron chi connectivity index (χ2n) is 10.1. The number of halogens is 3. The van der Waals surface area contributed by atoms with Gasteiger partial charge in [0, 0.05) is 37.2 Å². The zero-order valence-electron chi connectivity index (χ0n) is 20.4. The van der Waals surface area contributed by atoms with E-state index in [1.807, 2.05) is 0 Å². The number of nitrogens with two attached hydrogens (primary N) is 1. The van der Waals surface area contributed by atoms with E-state index in [9.17, 15) is 32.3 Å². The number of nitriles is 1. The van der Waals surface area contributed by atoms with Gasteiger partial charge in [0.1, 0.15) is 23.1 Å². The highest BCUT2D eigenvalue weighted by molar-refractivity contribution is 6.44. The number of hydrogen-bond donors (Lipinski definition) is 4. The van der Waals surface area contributed by atoms with E-state index in [2.05, 4.69) is 16.0 Å². The molecule has 1 aromatic heterocycles. The SMILES string of the molecule is CNC(=O)C1(NC(=O)C(=O)c2c(C)c(C(=O)Nc3ccc(F)c(C#N)c3)n3c2C[C@H]2C[C@]23N)CC(F)(F)C1. The summed E-state index contributed by atoms with van der Waals surface area (Å²) in [6.45, 7) is 1.46. The van der Waals surface area contributed by atoms with Crippen molar-refractivity contribution in [3.8, 4) is 6.07 Å². The van der Waals surface area contributed by atoms with Crippen molar-refractivity contribution in [1.82, 2.24) is 15.2 Å². The van der Waals surface area contributed by atoms with E-state index in [4.69, 9.17) is 11.0 Å². The third-order valence-electron chi connectivity index (χ3n) is 7.62. The number of Topliss-reactive ketones (excluding diaryl/α,β-unsaturated/α-hetero) is 1. The molecule has 198 valence electrons. The highest BCUT2D eigenvalue weighted by atomic mass is 19.3. The fourth-order valence-corrected chi connectivity index (χ4v) is 5.71. The topological polar surface area (TPSA) is 159 Å². The number of carbonyl (C=O) groups excluding carboxylic acids is 4. The summed E-state index contributed by atoms with van der Waals surface area (Å²) in [6, 6.07) is 5.13. The highest BCUT2D eigenvalue weighted by Gasteiger charge is 2.63. The lowest BCUT2D eigenvalue weighted by Gasteiger charge is -2.45. The van der Waals surface area contributed by atoms with Gasteiger partial charge in [0.2, 0.25) is 5.91 Å². The van der Waals surface area contributed by atoms with Gasteiger partial charge in [-0.3, -0.25) is 19.2 Å². The van der Waals surface area contributed by atoms with Crippen molar-refractivity contribution in [2.75, 3.05) is 12.4 Å². The van der Waals surface area contributed by atoms with Crippen LogP contribution in [0.1, 0.15) is 56.9 Å². The maximum Gasteiger partial charge on any atom is 0.293 e. The van der Waals surface area contributed by atoms with Crippen LogP contribution < -0.4 is 21.7 Å². The number of nitrogens with zero attached hydrogens (tertiary/aromatic N) is 2. The molecule has 3 aliphatic rings. The molecule has 2 fully saturated rings. The number of benzene rings is 1. The van der Waals surface area contributed by atoms with Crippen molar-refractivity contribution in [3.63, 3.8) is 0 Å². The maximum atomic E-state index is 13.7. The van der Waals surface area contributed by atoms with E-state index in [1.165, 1.54) is 24.6 Å². The number of fused-ring (bicyclic) bond motifs is 3. The Morgan fingerprint density at radius 2 is 1.89 bits per heavy atom. The number of likely N-dealkylation sites (N-methyl/N-ethyl adjacent to an activating group) is 1. The smallest absolute Gasteiger partial charge is 0.293 e. The summed E-state index contributed by atoms with van der Waals surface area (Å²) in [7, 11) is 1.23. The third-order valence-corrected chi connectivity index (χ3v) is 7.62. The maximum absolute atomic E-state index is 13.7. The minimum atomic E-state index is -3.17. The van der Waals surface area contributed by atoms with Crippen molar-refractivity contribution < 1.29 is 32.3 Å². The lowest BCUT2D eigenvalue weighted by Crippen LogP contribution is -2.69. The molecular weight excluding hydrogens is 505 g/mol. The first-order chi connectivity index (χ1) is 17.8. The molecule has 0 saturated heterocycles. The fraction of sp³-hybridized carbons (Fsp3) is 0.400. The number of anilines is 1. The molecule has 0 bridgehead atoms. The molecule has 1 aliphatic heterocycles. The van der Waals surface area contributed by atoms with Crippen LogP contribution in [0.5, 0.6) is 0 Å². The van der Waals surface area contributed by atoms with Crippen molar-refractivity contribution in [3.05, 3.63) is 52.1 Å². The summed E-state index contributed by atoms with van der Waals surface area (Å²) < 4.78 is 42.6. The fourth-order valence-electron chi connectivity index (χ4n) is 5.71. The Morgan fingerprint density at radius 1 is 1.21 bits per heavy atom. The summed E-state index contributed by atoms with van der Waals surface area (Å²) in [5, 5.41) is 16.1. The van der Waals surface area contributed by atoms with Gasteiger partial charge in [0.15, 0.2) is 0 Å². The van der Waals surface area contributed by atoms with Crippen molar-refractivity contribution >= 4 is 29.2 Å². The molecule has 2 heterocycles. The van der Waals surface area contributed by atoms with E-state index >= 15 is 0 Å². The molecule has 3 amide bonds. The standard InChI is InChI=1S/C25H23F3N6O4/c1-11-17(19(35)21(37)33-23(22(38)31-2)9-24(27,28)10-23)16-6-13-7-25(13,30)34(16)18(11)20(36)32-14-3-4-15(26)12(5-14)8-29/h3-5,13H,6-7,9-10,30H2,1-2H3,(H,31,38)(H,32,36)(H,33,37)/t13-,25+/m0/s1. The Bertz CT molecular complexity index is 1480. The molecule has 5 N–H and O–H groups in total. The van der Waals surface area contributed by atoms with E-state index in [-0.39, 0.29) is 34.0 Å². The van der Waals surface area contributed by atoms with Crippen LogP contribution in [0.3, 0.4) is 0 Å². The molecule has 1 aromatic carbocycles. The molecular formula is C25H23F3N6O4. The molecule has 2 saturated carbocycles. The van der Waals surface area contributed by atoms with Gasteiger partial charge in [-0.15, -0.1) is 0 Å². The van der Waals surface area contributed by atoms with Gasteiger partial charge in [-0.2, -0.15) is 5.26 Å². The first-order valence-electron chi connectivity index (χ1n) is 11.8. The van der Waals surface area contributed by atoms with Crippen molar-refractivity contribution in [2.24, 2.45) is 11.7 Å². The van der Waals surface area contributed by atoms with Gasteiger partial charge >= 0.3 is 0 Å². The second-order valence-corrected chi connectivity index (χ2v) is 10.1.